The van der Waals surface area contributed by atoms with E-state index in [9.17, 15) is 0 Å². The quantitative estimate of drug-likeness (QED) is 0.816. The topological polar surface area (TPSA) is 12.0 Å². The average Bonchev–Trinajstić information content (AvgIpc) is 2.39. The molecule has 1 N–H and O–H groups in total. The molecule has 1 aliphatic rings. The van der Waals surface area contributed by atoms with Crippen LogP contribution in [0, 0.1) is 5.92 Å². The van der Waals surface area contributed by atoms with Crippen LogP contribution in [0.3, 0.4) is 0 Å². The van der Waals surface area contributed by atoms with Crippen molar-refractivity contribution in [3.63, 3.8) is 0 Å². The molecule has 0 amide bonds. The molecule has 1 nitrogen and oxygen atoms in total. The third-order valence-electron chi connectivity index (χ3n) is 4.02. The summed E-state index contributed by atoms with van der Waals surface area (Å²) in [5.41, 5.74) is 1.02. The minimum Gasteiger partial charge on any atom is -0.310 e. The first-order valence-corrected chi connectivity index (χ1v) is 7.60. The van der Waals surface area contributed by atoms with Crippen molar-refractivity contribution >= 4 is 23.2 Å². The van der Waals surface area contributed by atoms with Gasteiger partial charge >= 0.3 is 0 Å². The van der Waals surface area contributed by atoms with E-state index in [-0.39, 0.29) is 0 Å². The Bertz CT molecular complexity index is 366. The summed E-state index contributed by atoms with van der Waals surface area (Å²) in [6.07, 6.45) is 6.86. The van der Waals surface area contributed by atoms with Gasteiger partial charge in [0, 0.05) is 28.2 Å². The summed E-state index contributed by atoms with van der Waals surface area (Å²) in [4.78, 5) is 0. The van der Waals surface area contributed by atoms with Gasteiger partial charge in [0.05, 0.1) is 0 Å². The maximum Gasteiger partial charge on any atom is 0.0465 e. The van der Waals surface area contributed by atoms with Crippen LogP contribution in [-0.2, 0) is 6.54 Å². The highest BCUT2D eigenvalue weighted by Gasteiger charge is 2.19. The first-order chi connectivity index (χ1) is 8.68. The van der Waals surface area contributed by atoms with Crippen molar-refractivity contribution in [2.24, 2.45) is 5.92 Å². The van der Waals surface area contributed by atoms with Crippen LogP contribution in [0.5, 0.6) is 0 Å². The summed E-state index contributed by atoms with van der Waals surface area (Å²) in [5, 5.41) is 5.09. The highest BCUT2D eigenvalue weighted by Crippen LogP contribution is 2.28. The summed E-state index contributed by atoms with van der Waals surface area (Å²) in [7, 11) is 0. The number of rotatable bonds is 4. The van der Waals surface area contributed by atoms with Crippen LogP contribution in [-0.4, -0.2) is 6.04 Å². The molecule has 0 radical (unpaired) electrons. The van der Waals surface area contributed by atoms with Crippen molar-refractivity contribution in [3.05, 3.63) is 33.8 Å². The van der Waals surface area contributed by atoms with Crippen molar-refractivity contribution in [2.45, 2.75) is 51.6 Å². The number of hydrogen-bond acceptors (Lipinski definition) is 1. The largest absolute Gasteiger partial charge is 0.310 e. The second-order valence-electron chi connectivity index (χ2n) is 5.27. The van der Waals surface area contributed by atoms with Crippen molar-refractivity contribution in [3.8, 4) is 0 Å². The van der Waals surface area contributed by atoms with E-state index in [0.717, 1.165) is 28.1 Å². The summed E-state index contributed by atoms with van der Waals surface area (Å²) in [5.74, 6) is 0.806. The van der Waals surface area contributed by atoms with Crippen LogP contribution in [0.1, 0.15) is 44.6 Å². The monoisotopic (exact) mass is 285 g/mol. The number of nitrogens with one attached hydrogen (secondary N) is 1. The maximum absolute atomic E-state index is 6.17. The Balaban J connectivity index is 1.90. The molecule has 0 unspecified atom stereocenters. The lowest BCUT2D eigenvalue weighted by Crippen LogP contribution is -2.34. The predicted molar refractivity (Wildman–Crippen MR) is 79.3 cm³/mol. The molecule has 100 valence electrons. The van der Waals surface area contributed by atoms with Crippen LogP contribution in [0.4, 0.5) is 0 Å². The van der Waals surface area contributed by atoms with Gasteiger partial charge in [0.25, 0.3) is 0 Å². The molecular formula is C15H21Cl2N. The fourth-order valence-corrected chi connectivity index (χ4v) is 3.30. The van der Waals surface area contributed by atoms with Crippen molar-refractivity contribution in [1.82, 2.24) is 5.32 Å². The highest BCUT2D eigenvalue weighted by molar-refractivity contribution is 6.35. The zero-order valence-electron chi connectivity index (χ0n) is 10.9. The Labute approximate surface area is 120 Å². The second kappa shape index (κ2) is 6.79. The average molecular weight is 286 g/mol. The van der Waals surface area contributed by atoms with Gasteiger partial charge in [-0.05, 0) is 37.8 Å². The molecule has 0 heterocycles. The Hall–Kier alpha value is -0.240. The van der Waals surface area contributed by atoms with Crippen LogP contribution in [0.25, 0.3) is 0 Å². The Morgan fingerprint density at radius 1 is 1.17 bits per heavy atom. The Morgan fingerprint density at radius 3 is 2.39 bits per heavy atom. The van der Waals surface area contributed by atoms with E-state index in [1.807, 2.05) is 18.2 Å². The van der Waals surface area contributed by atoms with Gasteiger partial charge < -0.3 is 5.32 Å². The molecule has 1 fully saturated rings. The zero-order chi connectivity index (χ0) is 13.0. The first-order valence-electron chi connectivity index (χ1n) is 6.84. The molecule has 0 saturated heterocycles. The number of hydrogen-bond donors (Lipinski definition) is 1. The van der Waals surface area contributed by atoms with Crippen molar-refractivity contribution in [2.75, 3.05) is 0 Å². The van der Waals surface area contributed by atoms with Gasteiger partial charge in [-0.1, -0.05) is 48.5 Å². The Morgan fingerprint density at radius 2 is 1.78 bits per heavy atom. The van der Waals surface area contributed by atoms with E-state index < -0.39 is 0 Å². The standard InChI is InChI=1S/C15H21Cl2N/c1-11(12-6-3-2-4-7-12)18-10-13-14(16)8-5-9-15(13)17/h5,8-9,11-12,18H,2-4,6-7,10H2,1H3/t11-/m0/s1. The third kappa shape index (κ3) is 3.63. The molecule has 1 saturated carbocycles. The number of halogens is 2. The predicted octanol–water partition coefficient (Wildman–Crippen LogP) is 5.05. The molecule has 1 atom stereocenters. The SMILES string of the molecule is C[C@H](NCc1c(Cl)cccc1Cl)C1CCCCC1. The summed E-state index contributed by atoms with van der Waals surface area (Å²) < 4.78 is 0. The molecule has 1 aromatic rings. The highest BCUT2D eigenvalue weighted by atomic mass is 35.5. The summed E-state index contributed by atoms with van der Waals surface area (Å²) >= 11 is 12.3. The van der Waals surface area contributed by atoms with E-state index in [0.29, 0.717) is 6.04 Å². The van der Waals surface area contributed by atoms with Gasteiger partial charge in [0.1, 0.15) is 0 Å². The third-order valence-corrected chi connectivity index (χ3v) is 4.73. The number of benzene rings is 1. The van der Waals surface area contributed by atoms with E-state index in [2.05, 4.69) is 12.2 Å². The van der Waals surface area contributed by atoms with Crippen LogP contribution in [0.2, 0.25) is 10.0 Å². The van der Waals surface area contributed by atoms with Gasteiger partial charge in [-0.25, -0.2) is 0 Å². The summed E-state index contributed by atoms with van der Waals surface area (Å²) in [6, 6.07) is 6.22. The van der Waals surface area contributed by atoms with E-state index in [4.69, 9.17) is 23.2 Å². The maximum atomic E-state index is 6.17. The van der Waals surface area contributed by atoms with Crippen LogP contribution < -0.4 is 5.32 Å². The minimum atomic E-state index is 0.539. The van der Waals surface area contributed by atoms with Gasteiger partial charge in [-0.2, -0.15) is 0 Å². The molecule has 2 rings (SSSR count). The first kappa shape index (κ1) is 14.2. The van der Waals surface area contributed by atoms with E-state index >= 15 is 0 Å². The van der Waals surface area contributed by atoms with E-state index in [1.165, 1.54) is 32.1 Å². The molecule has 3 heteroatoms. The molecule has 0 aliphatic heterocycles. The fourth-order valence-electron chi connectivity index (χ4n) is 2.77. The summed E-state index contributed by atoms with van der Waals surface area (Å²) in [6.45, 7) is 3.04. The van der Waals surface area contributed by atoms with E-state index in [1.54, 1.807) is 0 Å². The molecule has 1 aromatic carbocycles. The van der Waals surface area contributed by atoms with Gasteiger partial charge in [0.15, 0.2) is 0 Å². The fraction of sp³-hybridized carbons (Fsp3) is 0.600. The zero-order valence-corrected chi connectivity index (χ0v) is 12.4. The van der Waals surface area contributed by atoms with Gasteiger partial charge in [-0.3, -0.25) is 0 Å². The van der Waals surface area contributed by atoms with Crippen molar-refractivity contribution < 1.29 is 0 Å². The van der Waals surface area contributed by atoms with Crippen molar-refractivity contribution in [1.29, 1.82) is 0 Å². The molecule has 0 bridgehead atoms. The van der Waals surface area contributed by atoms with Crippen LogP contribution in [0.15, 0.2) is 18.2 Å². The molecule has 0 aromatic heterocycles. The molecular weight excluding hydrogens is 265 g/mol. The molecule has 1 aliphatic carbocycles. The Kier molecular flexibility index (Phi) is 5.35. The lowest BCUT2D eigenvalue weighted by Gasteiger charge is -2.28. The van der Waals surface area contributed by atoms with Gasteiger partial charge in [0.2, 0.25) is 0 Å². The van der Waals surface area contributed by atoms with Crippen LogP contribution >= 0.6 is 23.2 Å². The lowest BCUT2D eigenvalue weighted by molar-refractivity contribution is 0.280. The smallest absolute Gasteiger partial charge is 0.0465 e. The minimum absolute atomic E-state index is 0.539. The van der Waals surface area contributed by atoms with Gasteiger partial charge in [-0.15, -0.1) is 0 Å². The molecule has 18 heavy (non-hydrogen) atoms. The normalized spacial score (nSPS) is 18.8. The second-order valence-corrected chi connectivity index (χ2v) is 6.08. The molecule has 0 spiro atoms. The lowest BCUT2D eigenvalue weighted by atomic mass is 9.84.